The number of para-hydroxylation sites is 1. The van der Waals surface area contributed by atoms with Gasteiger partial charge in [-0.05, 0) is 25.1 Å². The first-order valence-electron chi connectivity index (χ1n) is 6.25. The molecule has 102 valence electrons. The Kier molecular flexibility index (Phi) is 4.24. The van der Waals surface area contributed by atoms with Crippen molar-refractivity contribution in [1.29, 1.82) is 5.26 Å². The van der Waals surface area contributed by atoms with Crippen LogP contribution < -0.4 is 15.2 Å². The van der Waals surface area contributed by atoms with E-state index in [0.717, 1.165) is 5.56 Å². The molecule has 0 aliphatic heterocycles. The summed E-state index contributed by atoms with van der Waals surface area (Å²) in [4.78, 5) is 0. The molecule has 4 heteroatoms. The molecule has 0 aliphatic rings. The number of rotatable bonds is 4. The molecule has 0 saturated carbocycles. The number of ether oxygens (including phenoxy) is 2. The highest BCUT2D eigenvalue weighted by Crippen LogP contribution is 2.31. The molecule has 0 heterocycles. The summed E-state index contributed by atoms with van der Waals surface area (Å²) in [6.45, 7) is 1.90. The zero-order valence-electron chi connectivity index (χ0n) is 11.5. The maximum Gasteiger partial charge on any atom is 0.132 e. The molecule has 0 bridgehead atoms. The van der Waals surface area contributed by atoms with Gasteiger partial charge in [0, 0.05) is 17.7 Å². The van der Waals surface area contributed by atoms with Crippen molar-refractivity contribution >= 4 is 0 Å². The Morgan fingerprint density at radius 3 is 2.50 bits per heavy atom. The van der Waals surface area contributed by atoms with Crippen molar-refractivity contribution in [2.24, 2.45) is 5.73 Å². The second kappa shape index (κ2) is 6.09. The van der Waals surface area contributed by atoms with E-state index in [-0.39, 0.29) is 6.04 Å². The van der Waals surface area contributed by atoms with Crippen molar-refractivity contribution in [3.63, 3.8) is 0 Å². The smallest absolute Gasteiger partial charge is 0.132 e. The molecule has 0 saturated heterocycles. The highest BCUT2D eigenvalue weighted by Gasteiger charge is 2.09. The number of nitrogens with zero attached hydrogens (tertiary/aromatic N) is 1. The minimum atomic E-state index is -0.132. The van der Waals surface area contributed by atoms with Gasteiger partial charge in [0.15, 0.2) is 0 Å². The van der Waals surface area contributed by atoms with E-state index in [4.69, 9.17) is 20.5 Å². The van der Waals surface area contributed by atoms with Crippen LogP contribution in [-0.2, 0) is 0 Å². The van der Waals surface area contributed by atoms with Gasteiger partial charge in [0.25, 0.3) is 0 Å². The topological polar surface area (TPSA) is 68.3 Å². The summed E-state index contributed by atoms with van der Waals surface area (Å²) in [5, 5.41) is 9.01. The van der Waals surface area contributed by atoms with Gasteiger partial charge in [0.1, 0.15) is 17.2 Å². The molecule has 4 nitrogen and oxygen atoms in total. The van der Waals surface area contributed by atoms with Crippen LogP contribution in [-0.4, -0.2) is 7.11 Å². The minimum Gasteiger partial charge on any atom is -0.497 e. The zero-order valence-corrected chi connectivity index (χ0v) is 11.5. The van der Waals surface area contributed by atoms with Crippen molar-refractivity contribution in [2.75, 3.05) is 7.11 Å². The maximum absolute atomic E-state index is 9.01. The van der Waals surface area contributed by atoms with E-state index in [0.29, 0.717) is 22.8 Å². The molecular weight excluding hydrogens is 252 g/mol. The third-order valence-electron chi connectivity index (χ3n) is 2.88. The molecule has 0 spiro atoms. The molecule has 0 aliphatic carbocycles. The summed E-state index contributed by atoms with van der Waals surface area (Å²) in [7, 11) is 1.55. The molecule has 0 unspecified atom stereocenters. The fourth-order valence-corrected chi connectivity index (χ4v) is 1.89. The van der Waals surface area contributed by atoms with E-state index in [9.17, 15) is 0 Å². The van der Waals surface area contributed by atoms with Gasteiger partial charge in [-0.2, -0.15) is 5.26 Å². The van der Waals surface area contributed by atoms with E-state index < -0.39 is 0 Å². The van der Waals surface area contributed by atoms with Crippen LogP contribution in [0, 0.1) is 11.3 Å². The molecule has 1 atom stereocenters. The average molecular weight is 268 g/mol. The number of benzene rings is 2. The quantitative estimate of drug-likeness (QED) is 0.923. The van der Waals surface area contributed by atoms with Gasteiger partial charge in [-0.3, -0.25) is 0 Å². The second-order valence-electron chi connectivity index (χ2n) is 4.44. The number of hydrogen-bond acceptors (Lipinski definition) is 4. The van der Waals surface area contributed by atoms with Gasteiger partial charge in [0.05, 0.1) is 18.7 Å². The predicted molar refractivity (Wildman–Crippen MR) is 76.8 cm³/mol. The SMILES string of the molecule is COc1cc(C#N)cc(Oc2ccccc2[C@@H](C)N)c1. The van der Waals surface area contributed by atoms with Gasteiger partial charge in [0.2, 0.25) is 0 Å². The van der Waals surface area contributed by atoms with Crippen LogP contribution in [0.2, 0.25) is 0 Å². The van der Waals surface area contributed by atoms with Crippen LogP contribution in [0.1, 0.15) is 24.1 Å². The van der Waals surface area contributed by atoms with E-state index in [1.807, 2.05) is 31.2 Å². The van der Waals surface area contributed by atoms with Crippen LogP contribution >= 0.6 is 0 Å². The van der Waals surface area contributed by atoms with Crippen molar-refractivity contribution in [3.8, 4) is 23.3 Å². The molecule has 0 amide bonds. The molecule has 2 aromatic rings. The lowest BCUT2D eigenvalue weighted by molar-refractivity contribution is 0.408. The molecule has 20 heavy (non-hydrogen) atoms. The Labute approximate surface area is 118 Å². The van der Waals surface area contributed by atoms with E-state index in [2.05, 4.69) is 6.07 Å². The fraction of sp³-hybridized carbons (Fsp3) is 0.188. The minimum absolute atomic E-state index is 0.132. The molecule has 0 radical (unpaired) electrons. The zero-order chi connectivity index (χ0) is 14.5. The lowest BCUT2D eigenvalue weighted by Crippen LogP contribution is -2.06. The highest BCUT2D eigenvalue weighted by atomic mass is 16.5. The second-order valence-corrected chi connectivity index (χ2v) is 4.44. The number of nitrogens with two attached hydrogens (primary N) is 1. The van der Waals surface area contributed by atoms with Crippen LogP contribution in [0.5, 0.6) is 17.2 Å². The maximum atomic E-state index is 9.01. The molecular formula is C16H16N2O2. The van der Waals surface area contributed by atoms with Crippen molar-refractivity contribution in [1.82, 2.24) is 0 Å². The van der Waals surface area contributed by atoms with Crippen LogP contribution in [0.3, 0.4) is 0 Å². The summed E-state index contributed by atoms with van der Waals surface area (Å²) in [6.07, 6.45) is 0. The first-order valence-corrected chi connectivity index (χ1v) is 6.25. The Morgan fingerprint density at radius 1 is 1.15 bits per heavy atom. The number of methoxy groups -OCH3 is 1. The third-order valence-corrected chi connectivity index (χ3v) is 2.88. The van der Waals surface area contributed by atoms with Gasteiger partial charge in [-0.15, -0.1) is 0 Å². The van der Waals surface area contributed by atoms with Crippen LogP contribution in [0.4, 0.5) is 0 Å². The lowest BCUT2D eigenvalue weighted by Gasteiger charge is -2.14. The normalized spacial score (nSPS) is 11.5. The summed E-state index contributed by atoms with van der Waals surface area (Å²) in [5.74, 6) is 1.81. The summed E-state index contributed by atoms with van der Waals surface area (Å²) in [5.41, 5.74) is 7.32. The fourth-order valence-electron chi connectivity index (χ4n) is 1.89. The van der Waals surface area contributed by atoms with Crippen molar-refractivity contribution < 1.29 is 9.47 Å². The Morgan fingerprint density at radius 2 is 1.85 bits per heavy atom. The van der Waals surface area contributed by atoms with Crippen LogP contribution in [0.25, 0.3) is 0 Å². The Balaban J connectivity index is 2.38. The average Bonchev–Trinajstić information content (AvgIpc) is 2.47. The molecule has 0 aromatic heterocycles. The number of nitriles is 1. The van der Waals surface area contributed by atoms with Gasteiger partial charge in [-0.1, -0.05) is 18.2 Å². The Bertz CT molecular complexity index is 645. The lowest BCUT2D eigenvalue weighted by atomic mass is 10.1. The molecule has 0 fully saturated rings. The molecule has 2 aromatic carbocycles. The van der Waals surface area contributed by atoms with Crippen molar-refractivity contribution in [2.45, 2.75) is 13.0 Å². The molecule has 2 rings (SSSR count). The van der Waals surface area contributed by atoms with Gasteiger partial charge >= 0.3 is 0 Å². The predicted octanol–water partition coefficient (Wildman–Crippen LogP) is 3.38. The van der Waals surface area contributed by atoms with Gasteiger partial charge in [-0.25, -0.2) is 0 Å². The van der Waals surface area contributed by atoms with Crippen molar-refractivity contribution in [3.05, 3.63) is 53.6 Å². The Hall–Kier alpha value is -2.51. The first kappa shape index (κ1) is 13.9. The third kappa shape index (κ3) is 3.08. The largest absolute Gasteiger partial charge is 0.497 e. The summed E-state index contributed by atoms with van der Waals surface area (Å²) >= 11 is 0. The van der Waals surface area contributed by atoms with Gasteiger partial charge < -0.3 is 15.2 Å². The highest BCUT2D eigenvalue weighted by molar-refractivity contribution is 5.46. The molecule has 2 N–H and O–H groups in total. The number of hydrogen-bond donors (Lipinski definition) is 1. The monoisotopic (exact) mass is 268 g/mol. The van der Waals surface area contributed by atoms with E-state index in [1.54, 1.807) is 25.3 Å². The summed E-state index contributed by atoms with van der Waals surface area (Å²) < 4.78 is 11.0. The standard InChI is InChI=1S/C16H16N2O2/c1-11(18)15-5-3-4-6-16(15)20-14-8-12(10-17)7-13(9-14)19-2/h3-9,11H,18H2,1-2H3/t11-/m1/s1. The van der Waals surface area contributed by atoms with E-state index in [1.165, 1.54) is 0 Å². The summed E-state index contributed by atoms with van der Waals surface area (Å²) in [6, 6.07) is 14.6. The van der Waals surface area contributed by atoms with E-state index >= 15 is 0 Å². The first-order chi connectivity index (χ1) is 9.63. The van der Waals surface area contributed by atoms with Crippen LogP contribution in [0.15, 0.2) is 42.5 Å².